The van der Waals surface area contributed by atoms with Gasteiger partial charge in [0.15, 0.2) is 0 Å². The van der Waals surface area contributed by atoms with Crippen molar-refractivity contribution >= 4 is 11.3 Å². The second-order valence-electron chi connectivity index (χ2n) is 5.28. The van der Waals surface area contributed by atoms with Crippen molar-refractivity contribution in [2.75, 3.05) is 6.54 Å². The lowest BCUT2D eigenvalue weighted by Gasteiger charge is -2.09. The Labute approximate surface area is 127 Å². The Balaban J connectivity index is 2.07. The summed E-state index contributed by atoms with van der Waals surface area (Å²) < 4.78 is 0. The van der Waals surface area contributed by atoms with E-state index in [1.165, 1.54) is 40.1 Å². The van der Waals surface area contributed by atoms with Gasteiger partial charge in [-0.15, -0.1) is 11.3 Å². The van der Waals surface area contributed by atoms with E-state index in [4.69, 9.17) is 0 Å². The van der Waals surface area contributed by atoms with E-state index in [9.17, 15) is 0 Å². The monoisotopic (exact) mass is 287 g/mol. The molecule has 20 heavy (non-hydrogen) atoms. The number of rotatable bonds is 7. The molecular formula is C18H25NS. The SMILES string of the molecule is CCCCc1ccc(-c2ccc(C(C)NCC)s2)cc1. The molecule has 2 rings (SSSR count). The van der Waals surface area contributed by atoms with Crippen molar-refractivity contribution in [1.82, 2.24) is 5.32 Å². The smallest absolute Gasteiger partial charge is 0.0386 e. The third kappa shape index (κ3) is 3.94. The predicted octanol–water partition coefficient (Wildman–Crippen LogP) is 5.43. The van der Waals surface area contributed by atoms with Crippen molar-refractivity contribution in [2.45, 2.75) is 46.1 Å². The summed E-state index contributed by atoms with van der Waals surface area (Å²) in [5.74, 6) is 0. The van der Waals surface area contributed by atoms with Gasteiger partial charge in [-0.3, -0.25) is 0 Å². The number of unbranched alkanes of at least 4 members (excludes halogenated alkanes) is 1. The Morgan fingerprint density at radius 1 is 1.05 bits per heavy atom. The summed E-state index contributed by atoms with van der Waals surface area (Å²) in [5, 5.41) is 3.47. The highest BCUT2D eigenvalue weighted by atomic mass is 32.1. The first-order chi connectivity index (χ1) is 9.74. The van der Waals surface area contributed by atoms with Crippen LogP contribution < -0.4 is 5.32 Å². The summed E-state index contributed by atoms with van der Waals surface area (Å²) in [5.41, 5.74) is 2.79. The number of aryl methyl sites for hydroxylation is 1. The van der Waals surface area contributed by atoms with Crippen molar-refractivity contribution in [1.29, 1.82) is 0 Å². The third-order valence-corrected chi connectivity index (χ3v) is 4.94. The highest BCUT2D eigenvalue weighted by Gasteiger charge is 2.08. The van der Waals surface area contributed by atoms with Crippen LogP contribution in [-0.2, 0) is 6.42 Å². The summed E-state index contributed by atoms with van der Waals surface area (Å²) in [6.45, 7) is 7.64. The van der Waals surface area contributed by atoms with Gasteiger partial charge in [-0.05, 0) is 49.6 Å². The topological polar surface area (TPSA) is 12.0 Å². The van der Waals surface area contributed by atoms with Crippen molar-refractivity contribution in [3.63, 3.8) is 0 Å². The lowest BCUT2D eigenvalue weighted by Crippen LogP contribution is -2.16. The summed E-state index contributed by atoms with van der Waals surface area (Å²) in [6, 6.07) is 14.0. The average molecular weight is 287 g/mol. The molecule has 0 aliphatic rings. The van der Waals surface area contributed by atoms with Crippen molar-refractivity contribution in [3.8, 4) is 10.4 Å². The molecule has 0 bridgehead atoms. The van der Waals surface area contributed by atoms with Gasteiger partial charge in [-0.1, -0.05) is 44.5 Å². The van der Waals surface area contributed by atoms with Crippen LogP contribution in [0.2, 0.25) is 0 Å². The maximum absolute atomic E-state index is 3.47. The Morgan fingerprint density at radius 2 is 1.80 bits per heavy atom. The molecule has 0 radical (unpaired) electrons. The number of benzene rings is 1. The van der Waals surface area contributed by atoms with E-state index in [-0.39, 0.29) is 0 Å². The van der Waals surface area contributed by atoms with Crippen LogP contribution in [0.25, 0.3) is 10.4 Å². The molecule has 1 N–H and O–H groups in total. The Morgan fingerprint density at radius 3 is 2.45 bits per heavy atom. The molecule has 1 atom stereocenters. The standard InChI is InChI=1S/C18H25NS/c1-4-6-7-15-8-10-16(11-9-15)18-13-12-17(20-18)14(3)19-5-2/h8-14,19H,4-7H2,1-3H3. The first kappa shape index (κ1) is 15.3. The lowest BCUT2D eigenvalue weighted by atomic mass is 10.1. The third-order valence-electron chi connectivity index (χ3n) is 3.62. The van der Waals surface area contributed by atoms with Gasteiger partial charge in [0.05, 0.1) is 0 Å². The summed E-state index contributed by atoms with van der Waals surface area (Å²) in [7, 11) is 0. The van der Waals surface area contributed by atoms with Gasteiger partial charge in [0.25, 0.3) is 0 Å². The van der Waals surface area contributed by atoms with Gasteiger partial charge >= 0.3 is 0 Å². The summed E-state index contributed by atoms with van der Waals surface area (Å²) in [4.78, 5) is 2.78. The Kier molecular flexibility index (Phi) is 5.81. The lowest BCUT2D eigenvalue weighted by molar-refractivity contribution is 0.607. The summed E-state index contributed by atoms with van der Waals surface area (Å²) >= 11 is 1.90. The largest absolute Gasteiger partial charge is 0.310 e. The average Bonchev–Trinajstić information content (AvgIpc) is 2.96. The molecule has 0 aliphatic heterocycles. The van der Waals surface area contributed by atoms with Crippen LogP contribution in [0.4, 0.5) is 0 Å². The van der Waals surface area contributed by atoms with Gasteiger partial charge in [-0.25, -0.2) is 0 Å². The van der Waals surface area contributed by atoms with Crippen LogP contribution in [-0.4, -0.2) is 6.54 Å². The Hall–Kier alpha value is -1.12. The fourth-order valence-electron chi connectivity index (χ4n) is 2.36. The van der Waals surface area contributed by atoms with Gasteiger partial charge in [-0.2, -0.15) is 0 Å². The number of hydrogen-bond donors (Lipinski definition) is 1. The second-order valence-corrected chi connectivity index (χ2v) is 6.40. The van der Waals surface area contributed by atoms with E-state index in [0.29, 0.717) is 6.04 Å². The molecule has 1 aromatic heterocycles. The molecular weight excluding hydrogens is 262 g/mol. The van der Waals surface area contributed by atoms with Crippen LogP contribution in [0.1, 0.15) is 50.1 Å². The highest BCUT2D eigenvalue weighted by Crippen LogP contribution is 2.31. The molecule has 0 spiro atoms. The van der Waals surface area contributed by atoms with Gasteiger partial charge < -0.3 is 5.32 Å². The van der Waals surface area contributed by atoms with Crippen LogP contribution >= 0.6 is 11.3 Å². The fourth-order valence-corrected chi connectivity index (χ4v) is 3.40. The van der Waals surface area contributed by atoms with E-state index < -0.39 is 0 Å². The zero-order chi connectivity index (χ0) is 14.4. The van der Waals surface area contributed by atoms with E-state index in [1.807, 2.05) is 11.3 Å². The zero-order valence-electron chi connectivity index (χ0n) is 12.8. The van der Waals surface area contributed by atoms with Gasteiger partial charge in [0.2, 0.25) is 0 Å². The molecule has 0 fully saturated rings. The maximum atomic E-state index is 3.47. The van der Waals surface area contributed by atoms with Crippen LogP contribution in [0, 0.1) is 0 Å². The van der Waals surface area contributed by atoms with Gasteiger partial charge in [0.1, 0.15) is 0 Å². The molecule has 0 aliphatic carbocycles. The van der Waals surface area contributed by atoms with Gasteiger partial charge in [0, 0.05) is 15.8 Å². The molecule has 0 saturated heterocycles. The van der Waals surface area contributed by atoms with Crippen LogP contribution in [0.15, 0.2) is 36.4 Å². The molecule has 0 amide bonds. The zero-order valence-corrected chi connectivity index (χ0v) is 13.6. The molecule has 1 aromatic carbocycles. The minimum absolute atomic E-state index is 0.447. The molecule has 2 heteroatoms. The minimum atomic E-state index is 0.447. The number of nitrogens with one attached hydrogen (secondary N) is 1. The van der Waals surface area contributed by atoms with Crippen molar-refractivity contribution < 1.29 is 0 Å². The number of hydrogen-bond acceptors (Lipinski definition) is 2. The molecule has 2 aromatic rings. The van der Waals surface area contributed by atoms with E-state index in [1.54, 1.807) is 0 Å². The maximum Gasteiger partial charge on any atom is 0.0386 e. The highest BCUT2D eigenvalue weighted by molar-refractivity contribution is 7.15. The van der Waals surface area contributed by atoms with E-state index in [2.05, 4.69) is 62.5 Å². The van der Waals surface area contributed by atoms with E-state index in [0.717, 1.165) is 6.54 Å². The molecule has 108 valence electrons. The molecule has 0 saturated carbocycles. The minimum Gasteiger partial charge on any atom is -0.310 e. The fraction of sp³-hybridized carbons (Fsp3) is 0.444. The number of thiophene rings is 1. The van der Waals surface area contributed by atoms with E-state index >= 15 is 0 Å². The first-order valence-corrected chi connectivity index (χ1v) is 8.48. The summed E-state index contributed by atoms with van der Waals surface area (Å²) in [6.07, 6.45) is 3.74. The normalized spacial score (nSPS) is 12.6. The molecule has 1 nitrogen and oxygen atoms in total. The quantitative estimate of drug-likeness (QED) is 0.716. The van der Waals surface area contributed by atoms with Crippen molar-refractivity contribution in [3.05, 3.63) is 46.8 Å². The Bertz CT molecular complexity index is 512. The van der Waals surface area contributed by atoms with Crippen molar-refractivity contribution in [2.24, 2.45) is 0 Å². The molecule has 1 heterocycles. The first-order valence-electron chi connectivity index (χ1n) is 7.67. The second kappa shape index (κ2) is 7.61. The molecule has 1 unspecified atom stereocenters. The predicted molar refractivity (Wildman–Crippen MR) is 90.5 cm³/mol. The van der Waals surface area contributed by atoms with Crippen LogP contribution in [0.3, 0.4) is 0 Å². The van der Waals surface area contributed by atoms with Crippen LogP contribution in [0.5, 0.6) is 0 Å².